The van der Waals surface area contributed by atoms with E-state index in [4.69, 9.17) is 4.74 Å². The molecule has 1 saturated carbocycles. The van der Waals surface area contributed by atoms with Crippen LogP contribution in [-0.4, -0.2) is 51.3 Å². The minimum Gasteiger partial charge on any atom is -0.383 e. The van der Waals surface area contributed by atoms with Gasteiger partial charge in [-0.15, -0.1) is 0 Å². The van der Waals surface area contributed by atoms with E-state index in [0.717, 1.165) is 31.7 Å². The second-order valence-electron chi connectivity index (χ2n) is 5.66. The van der Waals surface area contributed by atoms with Gasteiger partial charge < -0.3 is 15.0 Å². The van der Waals surface area contributed by atoms with E-state index in [-0.39, 0.29) is 0 Å². The third kappa shape index (κ3) is 6.17. The van der Waals surface area contributed by atoms with Gasteiger partial charge in [-0.1, -0.05) is 13.3 Å². The normalized spacial score (nSPS) is 24.7. The van der Waals surface area contributed by atoms with Gasteiger partial charge in [-0.2, -0.15) is 0 Å². The van der Waals surface area contributed by atoms with Crippen molar-refractivity contribution >= 4 is 0 Å². The molecule has 3 nitrogen and oxygen atoms in total. The monoisotopic (exact) mass is 256 g/mol. The lowest BCUT2D eigenvalue weighted by Crippen LogP contribution is -2.36. The fourth-order valence-corrected chi connectivity index (χ4v) is 2.93. The summed E-state index contributed by atoms with van der Waals surface area (Å²) in [5.41, 5.74) is 0. The smallest absolute Gasteiger partial charge is 0.0587 e. The zero-order valence-corrected chi connectivity index (χ0v) is 12.6. The summed E-state index contributed by atoms with van der Waals surface area (Å²) in [4.78, 5) is 2.57. The Kier molecular flexibility index (Phi) is 8.64. The van der Waals surface area contributed by atoms with E-state index < -0.39 is 0 Å². The summed E-state index contributed by atoms with van der Waals surface area (Å²) in [6, 6.07) is 0.840. The molecule has 0 bridgehead atoms. The molecule has 1 fully saturated rings. The molecule has 0 saturated heterocycles. The fourth-order valence-electron chi connectivity index (χ4n) is 2.93. The fraction of sp³-hybridized carbons (Fsp3) is 1.00. The predicted molar refractivity (Wildman–Crippen MR) is 78.0 cm³/mol. The van der Waals surface area contributed by atoms with Gasteiger partial charge >= 0.3 is 0 Å². The number of nitrogens with zero attached hydrogens (tertiary/aromatic N) is 1. The minimum atomic E-state index is 0.816. The predicted octanol–water partition coefficient (Wildman–Crippen LogP) is 2.51. The van der Waals surface area contributed by atoms with E-state index in [1.807, 2.05) is 0 Å². The van der Waals surface area contributed by atoms with Crippen LogP contribution in [0.2, 0.25) is 0 Å². The Balaban J connectivity index is 2.01. The Morgan fingerprint density at radius 3 is 2.50 bits per heavy atom. The van der Waals surface area contributed by atoms with Crippen molar-refractivity contribution in [1.82, 2.24) is 10.2 Å². The van der Waals surface area contributed by atoms with Gasteiger partial charge in [-0.25, -0.2) is 0 Å². The maximum absolute atomic E-state index is 5.01. The molecular formula is C15H32N2O. The van der Waals surface area contributed by atoms with Crippen molar-refractivity contribution in [1.29, 1.82) is 0 Å². The standard InChI is InChI=1S/C15H32N2O/c1-4-14-6-8-15(9-7-14)17(2)12-5-10-16-11-13-18-3/h14-16H,4-13H2,1-3H3. The van der Waals surface area contributed by atoms with Crippen LogP contribution < -0.4 is 5.32 Å². The molecule has 0 aromatic rings. The molecule has 1 aliphatic carbocycles. The average Bonchev–Trinajstić information content (AvgIpc) is 2.42. The Morgan fingerprint density at radius 2 is 1.89 bits per heavy atom. The van der Waals surface area contributed by atoms with Crippen LogP contribution in [0.3, 0.4) is 0 Å². The number of hydrogen-bond acceptors (Lipinski definition) is 3. The molecular weight excluding hydrogens is 224 g/mol. The first kappa shape index (κ1) is 15.9. The van der Waals surface area contributed by atoms with Gasteiger partial charge in [0, 0.05) is 19.7 Å². The van der Waals surface area contributed by atoms with Crippen molar-refractivity contribution in [3.05, 3.63) is 0 Å². The van der Waals surface area contributed by atoms with E-state index in [1.165, 1.54) is 45.1 Å². The number of methoxy groups -OCH3 is 1. The second kappa shape index (κ2) is 9.76. The maximum Gasteiger partial charge on any atom is 0.0587 e. The van der Waals surface area contributed by atoms with Crippen molar-refractivity contribution in [3.8, 4) is 0 Å². The first-order valence-corrected chi connectivity index (χ1v) is 7.67. The molecule has 0 aliphatic heterocycles. The van der Waals surface area contributed by atoms with Gasteiger partial charge in [-0.3, -0.25) is 0 Å². The van der Waals surface area contributed by atoms with Crippen LogP contribution in [-0.2, 0) is 4.74 Å². The Morgan fingerprint density at radius 1 is 1.17 bits per heavy atom. The van der Waals surface area contributed by atoms with Crippen LogP contribution in [0.5, 0.6) is 0 Å². The molecule has 0 atom stereocenters. The van der Waals surface area contributed by atoms with Crippen LogP contribution >= 0.6 is 0 Å². The van der Waals surface area contributed by atoms with E-state index in [1.54, 1.807) is 7.11 Å². The highest BCUT2D eigenvalue weighted by Gasteiger charge is 2.22. The summed E-state index contributed by atoms with van der Waals surface area (Å²) >= 11 is 0. The second-order valence-corrected chi connectivity index (χ2v) is 5.66. The van der Waals surface area contributed by atoms with Crippen LogP contribution in [0.25, 0.3) is 0 Å². The first-order chi connectivity index (χ1) is 8.77. The van der Waals surface area contributed by atoms with Crippen LogP contribution in [0, 0.1) is 5.92 Å². The van der Waals surface area contributed by atoms with Crippen molar-refractivity contribution in [3.63, 3.8) is 0 Å². The average molecular weight is 256 g/mol. The maximum atomic E-state index is 5.01. The van der Waals surface area contributed by atoms with Crippen molar-refractivity contribution < 1.29 is 4.74 Å². The molecule has 108 valence electrons. The van der Waals surface area contributed by atoms with Gasteiger partial charge in [-0.05, 0) is 58.2 Å². The number of nitrogens with one attached hydrogen (secondary N) is 1. The first-order valence-electron chi connectivity index (χ1n) is 7.67. The molecule has 1 N–H and O–H groups in total. The van der Waals surface area contributed by atoms with Gasteiger partial charge in [0.2, 0.25) is 0 Å². The summed E-state index contributed by atoms with van der Waals surface area (Å²) in [5.74, 6) is 1.00. The Hall–Kier alpha value is -0.120. The van der Waals surface area contributed by atoms with Crippen molar-refractivity contribution in [2.75, 3.05) is 40.4 Å². The third-order valence-corrected chi connectivity index (χ3v) is 4.36. The summed E-state index contributed by atoms with van der Waals surface area (Å²) in [7, 11) is 4.05. The Labute approximate surface area is 113 Å². The van der Waals surface area contributed by atoms with Gasteiger partial charge in [0.05, 0.1) is 6.61 Å². The molecule has 3 heteroatoms. The summed E-state index contributed by atoms with van der Waals surface area (Å²) in [6.07, 6.45) is 8.32. The minimum absolute atomic E-state index is 0.816. The van der Waals surface area contributed by atoms with E-state index >= 15 is 0 Å². The molecule has 1 aliphatic rings. The van der Waals surface area contributed by atoms with Gasteiger partial charge in [0.15, 0.2) is 0 Å². The summed E-state index contributed by atoms with van der Waals surface area (Å²) < 4.78 is 5.01. The van der Waals surface area contributed by atoms with E-state index in [2.05, 4.69) is 24.2 Å². The van der Waals surface area contributed by atoms with Gasteiger partial charge in [0.25, 0.3) is 0 Å². The Bertz CT molecular complexity index is 191. The molecule has 0 aromatic heterocycles. The van der Waals surface area contributed by atoms with Crippen LogP contribution in [0.4, 0.5) is 0 Å². The zero-order chi connectivity index (χ0) is 13.2. The lowest BCUT2D eigenvalue weighted by molar-refractivity contribution is 0.161. The quantitative estimate of drug-likeness (QED) is 0.642. The lowest BCUT2D eigenvalue weighted by atomic mass is 9.84. The SMILES string of the molecule is CCC1CCC(N(C)CCCNCCOC)CC1. The molecule has 1 rings (SSSR count). The highest BCUT2D eigenvalue weighted by Crippen LogP contribution is 2.28. The zero-order valence-electron chi connectivity index (χ0n) is 12.6. The van der Waals surface area contributed by atoms with Crippen LogP contribution in [0.15, 0.2) is 0 Å². The number of ether oxygens (including phenoxy) is 1. The number of hydrogen-bond donors (Lipinski definition) is 1. The molecule has 0 unspecified atom stereocenters. The van der Waals surface area contributed by atoms with Crippen LogP contribution in [0.1, 0.15) is 45.4 Å². The molecule has 0 amide bonds. The number of rotatable bonds is 9. The summed E-state index contributed by atoms with van der Waals surface area (Å²) in [5, 5.41) is 3.41. The highest BCUT2D eigenvalue weighted by atomic mass is 16.5. The van der Waals surface area contributed by atoms with Crippen molar-refractivity contribution in [2.45, 2.75) is 51.5 Å². The molecule has 0 aromatic carbocycles. The molecule has 0 spiro atoms. The lowest BCUT2D eigenvalue weighted by Gasteiger charge is -2.34. The van der Waals surface area contributed by atoms with Crippen molar-refractivity contribution in [2.24, 2.45) is 5.92 Å². The van der Waals surface area contributed by atoms with E-state index in [0.29, 0.717) is 0 Å². The summed E-state index contributed by atoms with van der Waals surface area (Å²) in [6.45, 7) is 6.46. The topological polar surface area (TPSA) is 24.5 Å². The van der Waals surface area contributed by atoms with Gasteiger partial charge in [0.1, 0.15) is 0 Å². The molecule has 0 heterocycles. The highest BCUT2D eigenvalue weighted by molar-refractivity contribution is 4.77. The molecule has 18 heavy (non-hydrogen) atoms. The van der Waals surface area contributed by atoms with E-state index in [9.17, 15) is 0 Å². The molecule has 0 radical (unpaired) electrons. The third-order valence-electron chi connectivity index (χ3n) is 4.36. The largest absolute Gasteiger partial charge is 0.383 e.